The van der Waals surface area contributed by atoms with Crippen LogP contribution in [-0.2, 0) is 19.1 Å². The van der Waals surface area contributed by atoms with Crippen molar-refractivity contribution in [3.05, 3.63) is 0 Å². The van der Waals surface area contributed by atoms with Gasteiger partial charge in [-0.05, 0) is 50.4 Å². The lowest BCUT2D eigenvalue weighted by atomic mass is 9.73. The average Bonchev–Trinajstić information content (AvgIpc) is 2.98. The minimum atomic E-state index is -7.09. The normalized spacial score (nSPS) is 16.7. The molecule has 0 aromatic heterocycles. The van der Waals surface area contributed by atoms with Crippen molar-refractivity contribution >= 4 is 11.9 Å². The molecule has 342 valence electrons. The molecule has 0 saturated heterocycles. The number of esters is 2. The van der Waals surface area contributed by atoms with Crippen molar-refractivity contribution < 1.29 is 102 Å². The van der Waals surface area contributed by atoms with Gasteiger partial charge in [0.1, 0.15) is 0 Å². The van der Waals surface area contributed by atoms with Gasteiger partial charge in [0, 0.05) is 6.92 Å². The Morgan fingerprint density at radius 1 is 0.421 bits per heavy atom. The Balaban J connectivity index is 0. The molecule has 0 heterocycles. The number of ether oxygens (including phenoxy) is 2. The summed E-state index contributed by atoms with van der Waals surface area (Å²) >= 11 is 0. The number of halogens is 19. The van der Waals surface area contributed by atoms with Crippen LogP contribution in [0.25, 0.3) is 0 Å². The highest BCUT2D eigenvalue weighted by Gasteiger charge is 2.85. The molecule has 0 fully saturated rings. The van der Waals surface area contributed by atoms with Crippen LogP contribution in [0.15, 0.2) is 0 Å². The van der Waals surface area contributed by atoms with Crippen LogP contribution in [0.1, 0.15) is 102 Å². The molecule has 57 heavy (non-hydrogen) atoms. The number of rotatable bonds is 20. The highest BCUT2D eigenvalue weighted by Crippen LogP contribution is 2.58. The van der Waals surface area contributed by atoms with Crippen molar-refractivity contribution in [2.24, 2.45) is 34.5 Å². The summed E-state index contributed by atoms with van der Waals surface area (Å²) < 4.78 is 257. The molecule has 0 bridgehead atoms. The van der Waals surface area contributed by atoms with E-state index in [1.165, 1.54) is 13.8 Å². The molecule has 0 saturated carbocycles. The lowest BCUT2D eigenvalue weighted by molar-refractivity contribution is -0.399. The Labute approximate surface area is 317 Å². The largest absolute Gasteiger partial charge is 0.465 e. The Morgan fingerprint density at radius 2 is 0.684 bits per heavy atom. The highest BCUT2D eigenvalue weighted by atomic mass is 19.4. The SMILES string of the molecule is CC(C)CC(C)(C(=O)OCCC(F)(F)C(F)(F)C(F)(F)C(F)(F)C(C)(F)F)C(C)C.CC(C)CC(C)(C(=O)OCCC(F)(F)C(F)(F)C(F)(F)C(F)(F)F)C(C)C. The van der Waals surface area contributed by atoms with Gasteiger partial charge < -0.3 is 9.47 Å². The first kappa shape index (κ1) is 56.7. The highest BCUT2D eigenvalue weighted by molar-refractivity contribution is 5.77. The van der Waals surface area contributed by atoms with E-state index in [4.69, 9.17) is 0 Å². The molecular formula is C34H49F19O4. The maximum Gasteiger partial charge on any atom is 0.460 e. The van der Waals surface area contributed by atoms with Gasteiger partial charge in [-0.15, -0.1) is 0 Å². The van der Waals surface area contributed by atoms with Gasteiger partial charge in [0.2, 0.25) is 0 Å². The first-order valence-electron chi connectivity index (χ1n) is 17.2. The molecule has 4 nitrogen and oxygen atoms in total. The predicted octanol–water partition coefficient (Wildman–Crippen LogP) is 12.9. The van der Waals surface area contributed by atoms with E-state index in [0.717, 1.165) is 0 Å². The molecule has 0 aliphatic carbocycles. The lowest BCUT2D eigenvalue weighted by Crippen LogP contribution is -2.66. The summed E-state index contributed by atoms with van der Waals surface area (Å²) in [4.78, 5) is 24.4. The summed E-state index contributed by atoms with van der Waals surface area (Å²) in [5, 5.41) is 0. The Hall–Kier alpha value is -2.39. The zero-order chi connectivity index (χ0) is 46.6. The summed E-state index contributed by atoms with van der Waals surface area (Å²) in [5.74, 6) is -54.5. The van der Waals surface area contributed by atoms with E-state index < -0.39 is 109 Å². The van der Waals surface area contributed by atoms with Crippen molar-refractivity contribution in [3.63, 3.8) is 0 Å². The average molecular weight is 883 g/mol. The maximum absolute atomic E-state index is 13.7. The quantitative estimate of drug-likeness (QED) is 0.0903. The zero-order valence-electron chi connectivity index (χ0n) is 32.9. The molecule has 0 rings (SSSR count). The molecule has 2 atom stereocenters. The Bertz CT molecular complexity index is 1300. The van der Waals surface area contributed by atoms with Crippen LogP contribution < -0.4 is 0 Å². The third-order valence-corrected chi connectivity index (χ3v) is 9.45. The zero-order valence-corrected chi connectivity index (χ0v) is 32.9. The van der Waals surface area contributed by atoms with Gasteiger partial charge in [-0.2, -0.15) is 83.4 Å². The Morgan fingerprint density at radius 3 is 0.895 bits per heavy atom. The molecule has 0 aliphatic rings. The first-order chi connectivity index (χ1) is 24.7. The third kappa shape index (κ3) is 12.1. The van der Waals surface area contributed by atoms with Crippen molar-refractivity contribution in [3.8, 4) is 0 Å². The van der Waals surface area contributed by atoms with E-state index >= 15 is 0 Å². The summed E-state index contributed by atoms with van der Waals surface area (Å²) in [5.41, 5.74) is -2.38. The molecule has 0 amide bonds. The topological polar surface area (TPSA) is 52.6 Å². The summed E-state index contributed by atoms with van der Waals surface area (Å²) in [6, 6.07) is 0. The minimum Gasteiger partial charge on any atom is -0.465 e. The Kier molecular flexibility index (Phi) is 18.4. The van der Waals surface area contributed by atoms with Crippen LogP contribution in [0.3, 0.4) is 0 Å². The van der Waals surface area contributed by atoms with Crippen LogP contribution in [0.5, 0.6) is 0 Å². The molecule has 0 radical (unpaired) electrons. The molecule has 2 unspecified atom stereocenters. The lowest BCUT2D eigenvalue weighted by Gasteiger charge is -2.38. The van der Waals surface area contributed by atoms with Crippen molar-refractivity contribution in [1.82, 2.24) is 0 Å². The number of carbonyl (C=O) groups is 2. The number of carbonyl (C=O) groups excluding carboxylic acids is 2. The van der Waals surface area contributed by atoms with Gasteiger partial charge >= 0.3 is 65.5 Å². The van der Waals surface area contributed by atoms with E-state index in [2.05, 4.69) is 9.47 Å². The van der Waals surface area contributed by atoms with Crippen LogP contribution >= 0.6 is 0 Å². The standard InChI is InChI=1S/C18H26F10O2.C16H23F9O2/c1-10(2)9-13(5,11(3)4)12(29)30-8-7-15(21,22)17(25,26)18(27,28)16(23,24)14(6,19)20;1-9(2)8-12(5,10(3)4)11(26)27-7-6-13(17,18)14(19,20)15(21,22)16(23,24)25/h10-11H,7-9H2,1-6H3;9-10H,6-8H2,1-5H3. The van der Waals surface area contributed by atoms with E-state index in [9.17, 15) is 93.0 Å². The van der Waals surface area contributed by atoms with Crippen LogP contribution in [-0.4, -0.2) is 78.7 Å². The van der Waals surface area contributed by atoms with E-state index in [-0.39, 0.29) is 36.5 Å². The van der Waals surface area contributed by atoms with Crippen LogP contribution in [0.4, 0.5) is 83.4 Å². The monoisotopic (exact) mass is 882 g/mol. The summed E-state index contributed by atoms with van der Waals surface area (Å²) in [6.07, 6.45) is -10.8. The van der Waals surface area contributed by atoms with E-state index in [1.807, 2.05) is 0 Å². The van der Waals surface area contributed by atoms with Gasteiger partial charge in [0.05, 0.1) is 36.9 Å². The molecule has 0 aliphatic heterocycles. The first-order valence-corrected chi connectivity index (χ1v) is 17.2. The van der Waals surface area contributed by atoms with Crippen LogP contribution in [0, 0.1) is 34.5 Å². The van der Waals surface area contributed by atoms with Gasteiger partial charge in [-0.1, -0.05) is 55.4 Å². The van der Waals surface area contributed by atoms with Crippen LogP contribution in [0.2, 0.25) is 0 Å². The third-order valence-electron chi connectivity index (χ3n) is 9.45. The van der Waals surface area contributed by atoms with Gasteiger partial charge in [-0.25, -0.2) is 0 Å². The fraction of sp³-hybridized carbons (Fsp3) is 0.941. The molecular weight excluding hydrogens is 833 g/mol. The van der Waals surface area contributed by atoms with E-state index in [1.54, 1.807) is 55.4 Å². The minimum absolute atomic E-state index is 0.0128. The smallest absolute Gasteiger partial charge is 0.460 e. The second-order valence-corrected chi connectivity index (χ2v) is 15.8. The molecule has 0 N–H and O–H groups in total. The summed E-state index contributed by atoms with van der Waals surface area (Å²) in [7, 11) is 0. The van der Waals surface area contributed by atoms with Crippen molar-refractivity contribution in [2.45, 2.75) is 155 Å². The number of alkyl halides is 19. The molecule has 23 heteroatoms. The second kappa shape index (κ2) is 18.5. The molecule has 0 aromatic rings. The van der Waals surface area contributed by atoms with Crippen molar-refractivity contribution in [2.75, 3.05) is 13.2 Å². The maximum atomic E-state index is 13.7. The van der Waals surface area contributed by atoms with Gasteiger partial charge in [0.15, 0.2) is 0 Å². The number of hydrogen-bond donors (Lipinski definition) is 0. The molecule has 0 aromatic carbocycles. The summed E-state index contributed by atoms with van der Waals surface area (Å²) in [6.45, 7) is 12.7. The fourth-order valence-electron chi connectivity index (χ4n) is 5.10. The van der Waals surface area contributed by atoms with Crippen molar-refractivity contribution in [1.29, 1.82) is 0 Å². The molecule has 0 spiro atoms. The van der Waals surface area contributed by atoms with Gasteiger partial charge in [0.25, 0.3) is 0 Å². The van der Waals surface area contributed by atoms with Gasteiger partial charge in [-0.3, -0.25) is 9.59 Å². The number of hydrogen-bond acceptors (Lipinski definition) is 4. The second-order valence-electron chi connectivity index (χ2n) is 15.8. The fourth-order valence-corrected chi connectivity index (χ4v) is 5.10. The predicted molar refractivity (Wildman–Crippen MR) is 167 cm³/mol. The van der Waals surface area contributed by atoms with E-state index in [0.29, 0.717) is 0 Å².